The van der Waals surface area contributed by atoms with Crippen LogP contribution in [0, 0.1) is 0 Å². The van der Waals surface area contributed by atoms with E-state index in [9.17, 15) is 9.36 Å². The Labute approximate surface area is 150 Å². The van der Waals surface area contributed by atoms with Crippen molar-refractivity contribution in [2.75, 3.05) is 19.1 Å². The van der Waals surface area contributed by atoms with Crippen LogP contribution in [0.15, 0.2) is 36.9 Å². The van der Waals surface area contributed by atoms with E-state index < -0.39 is 19.7 Å². The molecule has 25 heavy (non-hydrogen) atoms. The molecular weight excluding hydrogens is 363 g/mol. The maximum atomic E-state index is 13.8. The summed E-state index contributed by atoms with van der Waals surface area (Å²) >= 11 is 1.61. The van der Waals surface area contributed by atoms with Crippen LogP contribution in [0.1, 0.15) is 12.0 Å². The lowest BCUT2D eigenvalue weighted by Gasteiger charge is -2.38. The Morgan fingerprint density at radius 2 is 2.28 bits per heavy atom. The molecule has 1 unspecified atom stereocenters. The Morgan fingerprint density at radius 1 is 1.48 bits per heavy atom. The number of fused-ring (bicyclic) bond motifs is 1. The molecule has 1 aromatic heterocycles. The second-order valence-corrected chi connectivity index (χ2v) is 8.50. The van der Waals surface area contributed by atoms with Gasteiger partial charge in [-0.1, -0.05) is 18.2 Å². The number of ether oxygens (including phenoxy) is 1. The maximum Gasteiger partial charge on any atom is 0.444 e. The van der Waals surface area contributed by atoms with Gasteiger partial charge in [-0.25, -0.2) is 9.55 Å². The molecule has 0 saturated heterocycles. The number of para-hydroxylation sites is 1. The van der Waals surface area contributed by atoms with E-state index in [1.807, 2.05) is 24.5 Å². The van der Waals surface area contributed by atoms with Gasteiger partial charge in [-0.05, 0) is 24.5 Å². The summed E-state index contributed by atoms with van der Waals surface area (Å²) in [6.07, 6.45) is 5.06. The van der Waals surface area contributed by atoms with Gasteiger partial charge in [-0.2, -0.15) is 20.9 Å². The van der Waals surface area contributed by atoms with Gasteiger partial charge in [0.05, 0.1) is 7.11 Å². The maximum absolute atomic E-state index is 13.8. The molecule has 0 aliphatic carbocycles. The first-order valence-corrected chi connectivity index (χ1v) is 10.6. The molecule has 10 heteroatoms. The van der Waals surface area contributed by atoms with Crippen molar-refractivity contribution in [2.24, 2.45) is 0 Å². The van der Waals surface area contributed by atoms with Gasteiger partial charge in [0.25, 0.3) is 0 Å². The molecule has 1 aliphatic rings. The molecule has 8 nitrogen and oxygen atoms in total. The average Bonchev–Trinajstić information content (AvgIpc) is 3.17. The van der Waals surface area contributed by atoms with Crippen LogP contribution >= 0.6 is 19.4 Å². The van der Waals surface area contributed by atoms with Crippen LogP contribution in [0.25, 0.3) is 0 Å². The molecule has 0 fully saturated rings. The second-order valence-electron chi connectivity index (χ2n) is 5.42. The number of aromatic nitrogens is 3. The lowest BCUT2D eigenvalue weighted by Crippen LogP contribution is -2.44. The van der Waals surface area contributed by atoms with E-state index in [0.717, 1.165) is 11.3 Å². The molecule has 2 heterocycles. The number of rotatable bonds is 6. The molecule has 134 valence electrons. The minimum absolute atomic E-state index is 0.293. The Kier molecular flexibility index (Phi) is 5.46. The van der Waals surface area contributed by atoms with Crippen molar-refractivity contribution in [3.8, 4) is 5.75 Å². The van der Waals surface area contributed by atoms with E-state index in [-0.39, 0.29) is 0 Å². The monoisotopic (exact) mass is 382 g/mol. The zero-order valence-corrected chi connectivity index (χ0v) is 15.7. The van der Waals surface area contributed by atoms with Crippen molar-refractivity contribution in [1.29, 1.82) is 0 Å². The quantitative estimate of drug-likeness (QED) is 0.556. The Balaban J connectivity index is 2.06. The van der Waals surface area contributed by atoms with Crippen molar-refractivity contribution in [2.45, 2.75) is 19.0 Å². The van der Waals surface area contributed by atoms with Crippen LogP contribution in [-0.2, 0) is 20.6 Å². The molecular formula is C15H19N4O4PS. The highest BCUT2D eigenvalue weighted by Crippen LogP contribution is 2.57. The van der Waals surface area contributed by atoms with Gasteiger partial charge in [-0.15, -0.1) is 5.10 Å². The first-order chi connectivity index (χ1) is 12.1. The van der Waals surface area contributed by atoms with Crippen LogP contribution in [0.2, 0.25) is 0 Å². The van der Waals surface area contributed by atoms with E-state index in [1.54, 1.807) is 22.5 Å². The second kappa shape index (κ2) is 7.59. The molecule has 0 saturated carbocycles. The Bertz CT molecular complexity index is 786. The summed E-state index contributed by atoms with van der Waals surface area (Å²) < 4.78 is 27.3. The number of thioether (sulfide) groups is 1. The van der Waals surface area contributed by atoms with Gasteiger partial charge in [0.2, 0.25) is 0 Å². The zero-order chi connectivity index (χ0) is 17.9. The summed E-state index contributed by atoms with van der Waals surface area (Å²) in [6.45, 7) is 0.293. The molecule has 0 radical (unpaired) electrons. The number of benzene rings is 1. The third kappa shape index (κ3) is 3.44. The lowest BCUT2D eigenvalue weighted by atomic mass is 10.1. The molecule has 1 aliphatic heterocycles. The number of esters is 1. The summed E-state index contributed by atoms with van der Waals surface area (Å²) in [5, 5.41) is 4.00. The van der Waals surface area contributed by atoms with E-state index in [1.165, 1.54) is 24.2 Å². The van der Waals surface area contributed by atoms with Crippen LogP contribution in [0.4, 0.5) is 0 Å². The third-order valence-electron chi connectivity index (χ3n) is 3.94. The highest BCUT2D eigenvalue weighted by Gasteiger charge is 2.47. The first kappa shape index (κ1) is 18.0. The molecule has 1 aromatic carbocycles. The van der Waals surface area contributed by atoms with E-state index in [4.69, 9.17) is 9.26 Å². The average molecular weight is 382 g/mol. The fraction of sp³-hybridized carbons (Fsp3) is 0.400. The number of carbonyl (C=O) groups is 1. The Morgan fingerprint density at radius 3 is 2.96 bits per heavy atom. The standard InChI is InChI=1S/C15H19N4O4PS/c1-22-15(20)13(7-8-25-2)18-9-12-5-3-4-6-14(12)23-24(18,21)19-11-16-10-17-19/h3-6,10-11,13H,7-9H2,1-2H3/t13-,24?/m1/s1. The number of hydrogen-bond donors (Lipinski definition) is 0. The summed E-state index contributed by atoms with van der Waals surface area (Å²) in [5.41, 5.74) is 0.854. The first-order valence-electron chi connectivity index (χ1n) is 7.67. The fourth-order valence-electron chi connectivity index (χ4n) is 2.70. The molecule has 0 spiro atoms. The largest absolute Gasteiger partial charge is 0.468 e. The normalized spacial score (nSPS) is 21.2. The zero-order valence-electron chi connectivity index (χ0n) is 13.9. The summed E-state index contributed by atoms with van der Waals surface area (Å²) in [6, 6.07) is 6.62. The van der Waals surface area contributed by atoms with Crippen LogP contribution in [0.3, 0.4) is 0 Å². The fourth-order valence-corrected chi connectivity index (χ4v) is 5.28. The molecule has 2 aromatic rings. The summed E-state index contributed by atoms with van der Waals surface area (Å²) in [5.74, 6) is 0.790. The van der Waals surface area contributed by atoms with Gasteiger partial charge < -0.3 is 9.26 Å². The number of hydrogen-bond acceptors (Lipinski definition) is 7. The molecule has 0 bridgehead atoms. The van der Waals surface area contributed by atoms with Gasteiger partial charge >= 0.3 is 13.6 Å². The van der Waals surface area contributed by atoms with Crippen molar-refractivity contribution in [1.82, 2.24) is 19.2 Å². The predicted octanol–water partition coefficient (Wildman–Crippen LogP) is 2.42. The van der Waals surface area contributed by atoms with Gasteiger partial charge in [0.1, 0.15) is 24.4 Å². The van der Waals surface area contributed by atoms with E-state index in [0.29, 0.717) is 18.7 Å². The molecule has 0 amide bonds. The number of carbonyl (C=O) groups excluding carboxylic acids is 1. The minimum atomic E-state index is -3.66. The molecule has 3 rings (SSSR count). The van der Waals surface area contributed by atoms with E-state index in [2.05, 4.69) is 10.1 Å². The minimum Gasteiger partial charge on any atom is -0.468 e. The van der Waals surface area contributed by atoms with Gasteiger partial charge in [-0.3, -0.25) is 4.79 Å². The van der Waals surface area contributed by atoms with Crippen LogP contribution in [0.5, 0.6) is 5.75 Å². The summed E-state index contributed by atoms with van der Waals surface area (Å²) in [7, 11) is -2.33. The van der Waals surface area contributed by atoms with E-state index >= 15 is 0 Å². The van der Waals surface area contributed by atoms with Crippen molar-refractivity contribution >= 4 is 25.4 Å². The van der Waals surface area contributed by atoms with Crippen LogP contribution in [-0.4, -0.2) is 50.3 Å². The highest BCUT2D eigenvalue weighted by atomic mass is 32.2. The smallest absolute Gasteiger partial charge is 0.444 e. The number of nitrogens with zero attached hydrogens (tertiary/aromatic N) is 4. The van der Waals surface area contributed by atoms with Gasteiger partial charge in [0, 0.05) is 12.1 Å². The van der Waals surface area contributed by atoms with Crippen LogP contribution < -0.4 is 4.52 Å². The topological polar surface area (TPSA) is 86.5 Å². The van der Waals surface area contributed by atoms with Crippen molar-refractivity contribution < 1.29 is 18.6 Å². The SMILES string of the molecule is COC(=O)[C@@H](CCSC)N1Cc2ccccc2OP1(=O)n1cncn1. The lowest BCUT2D eigenvalue weighted by molar-refractivity contribution is -0.145. The molecule has 2 atom stereocenters. The summed E-state index contributed by atoms with van der Waals surface area (Å²) in [4.78, 5) is 16.3. The predicted molar refractivity (Wildman–Crippen MR) is 94.4 cm³/mol. The third-order valence-corrected chi connectivity index (χ3v) is 6.81. The molecule has 0 N–H and O–H groups in total. The Hall–Kier alpha value is -1.83. The number of methoxy groups -OCH3 is 1. The van der Waals surface area contributed by atoms with Crippen molar-refractivity contribution in [3.05, 3.63) is 42.5 Å². The van der Waals surface area contributed by atoms with Crippen molar-refractivity contribution in [3.63, 3.8) is 0 Å². The van der Waals surface area contributed by atoms with Gasteiger partial charge in [0.15, 0.2) is 0 Å². The highest BCUT2D eigenvalue weighted by molar-refractivity contribution is 7.98.